The van der Waals surface area contributed by atoms with Crippen LogP contribution < -0.4 is 0 Å². The van der Waals surface area contributed by atoms with Gasteiger partial charge in [-0.05, 0) is 43.5 Å². The van der Waals surface area contributed by atoms with Crippen LogP contribution in [0.3, 0.4) is 0 Å². The van der Waals surface area contributed by atoms with Crippen LogP contribution in [-0.4, -0.2) is 39.0 Å². The number of carbonyl (C=O) groups is 1. The van der Waals surface area contributed by atoms with E-state index in [1.165, 1.54) is 24.6 Å². The first-order valence-corrected chi connectivity index (χ1v) is 10.4. The molecule has 0 atom stereocenters. The van der Waals surface area contributed by atoms with Gasteiger partial charge in [-0.2, -0.15) is 5.26 Å². The van der Waals surface area contributed by atoms with E-state index in [0.29, 0.717) is 17.0 Å². The Kier molecular flexibility index (Phi) is 5.04. The fourth-order valence-corrected chi connectivity index (χ4v) is 4.73. The molecule has 0 bridgehead atoms. The van der Waals surface area contributed by atoms with Crippen molar-refractivity contribution in [3.63, 3.8) is 0 Å². The number of carbonyl (C=O) groups excluding carboxylic acids is 1. The summed E-state index contributed by atoms with van der Waals surface area (Å²) in [5.41, 5.74) is 3.98. The van der Waals surface area contributed by atoms with Crippen molar-refractivity contribution >= 4 is 34.3 Å². The van der Waals surface area contributed by atoms with E-state index >= 15 is 0 Å². The molecule has 1 fully saturated rings. The highest BCUT2D eigenvalue weighted by molar-refractivity contribution is 7.99. The van der Waals surface area contributed by atoms with Crippen molar-refractivity contribution in [3.8, 4) is 6.07 Å². The van der Waals surface area contributed by atoms with Gasteiger partial charge >= 0.3 is 0 Å². The molecule has 1 amide bonds. The highest BCUT2D eigenvalue weighted by atomic mass is 32.2. The summed E-state index contributed by atoms with van der Waals surface area (Å²) in [5, 5.41) is 10.5. The number of aromatic nitrogens is 2. The number of nitrogens with zero attached hydrogens (tertiary/aromatic N) is 4. The number of para-hydroxylation sites is 2. The first kappa shape index (κ1) is 17.9. The van der Waals surface area contributed by atoms with Gasteiger partial charge in [0.05, 0.1) is 27.4 Å². The van der Waals surface area contributed by atoms with Crippen molar-refractivity contribution in [1.82, 2.24) is 14.3 Å². The second kappa shape index (κ2) is 7.61. The summed E-state index contributed by atoms with van der Waals surface area (Å²) in [6.45, 7) is 3.67. The molecule has 1 aromatic carbocycles. The van der Waals surface area contributed by atoms with Crippen LogP contribution in [0.15, 0.2) is 35.4 Å². The Morgan fingerprint density at radius 3 is 2.70 bits per heavy atom. The molecule has 0 unspecified atom stereocenters. The van der Waals surface area contributed by atoms with Crippen LogP contribution in [-0.2, 0) is 4.79 Å². The SMILES string of the molecule is Cc1cc(SCC(=O)N2CCCCCC2)n2c(nc3ccccc32)c1C#N. The number of aryl methyl sites for hydroxylation is 1. The highest BCUT2D eigenvalue weighted by Gasteiger charge is 2.19. The van der Waals surface area contributed by atoms with Gasteiger partial charge in [-0.15, -0.1) is 0 Å². The molecular weight excluding hydrogens is 356 g/mol. The zero-order chi connectivity index (χ0) is 18.8. The second-order valence-electron chi connectivity index (χ2n) is 7.00. The molecule has 0 spiro atoms. The fraction of sp³-hybridized carbons (Fsp3) is 0.381. The van der Waals surface area contributed by atoms with Crippen LogP contribution in [0.2, 0.25) is 0 Å². The van der Waals surface area contributed by atoms with E-state index in [9.17, 15) is 10.1 Å². The molecule has 0 saturated carbocycles. The number of amides is 1. The first-order valence-electron chi connectivity index (χ1n) is 9.40. The normalized spacial score (nSPS) is 15.0. The minimum Gasteiger partial charge on any atom is -0.342 e. The molecule has 3 aromatic rings. The zero-order valence-electron chi connectivity index (χ0n) is 15.4. The Labute approximate surface area is 163 Å². The molecular formula is C21H22N4OS. The lowest BCUT2D eigenvalue weighted by atomic mass is 10.2. The molecule has 5 nitrogen and oxygen atoms in total. The lowest BCUT2D eigenvalue weighted by molar-refractivity contribution is -0.128. The molecule has 0 aliphatic carbocycles. The second-order valence-corrected chi connectivity index (χ2v) is 7.99. The number of thioether (sulfide) groups is 1. The lowest BCUT2D eigenvalue weighted by Gasteiger charge is -2.20. The number of hydrogen-bond donors (Lipinski definition) is 0. The Morgan fingerprint density at radius 1 is 1.22 bits per heavy atom. The van der Waals surface area contributed by atoms with Crippen molar-refractivity contribution in [1.29, 1.82) is 5.26 Å². The van der Waals surface area contributed by atoms with E-state index in [-0.39, 0.29) is 5.91 Å². The standard InChI is InChI=1S/C21H22N4OS/c1-15-12-20(27-14-19(26)24-10-6-2-3-7-11-24)25-18-9-5-4-8-17(18)23-21(25)16(15)13-22/h4-5,8-9,12H,2-3,6-7,10-11,14H2,1H3. The highest BCUT2D eigenvalue weighted by Crippen LogP contribution is 2.29. The van der Waals surface area contributed by atoms with E-state index in [2.05, 4.69) is 11.1 Å². The maximum atomic E-state index is 12.7. The predicted octanol–water partition coefficient (Wildman–Crippen LogP) is 4.16. The molecule has 27 heavy (non-hydrogen) atoms. The Morgan fingerprint density at radius 2 is 1.96 bits per heavy atom. The van der Waals surface area contributed by atoms with E-state index in [1.807, 2.05) is 46.6 Å². The minimum absolute atomic E-state index is 0.196. The minimum atomic E-state index is 0.196. The molecule has 1 aliphatic heterocycles. The summed E-state index contributed by atoms with van der Waals surface area (Å²) >= 11 is 1.53. The van der Waals surface area contributed by atoms with Crippen LogP contribution in [0.1, 0.15) is 36.8 Å². The number of fused-ring (bicyclic) bond motifs is 3. The van der Waals surface area contributed by atoms with E-state index in [0.717, 1.165) is 47.6 Å². The van der Waals surface area contributed by atoms with Crippen LogP contribution >= 0.6 is 11.8 Å². The quantitative estimate of drug-likeness (QED) is 0.642. The molecule has 0 N–H and O–H groups in total. The Hall–Kier alpha value is -2.52. The van der Waals surface area contributed by atoms with Gasteiger partial charge in [0.25, 0.3) is 0 Å². The average Bonchev–Trinajstić information content (AvgIpc) is 2.86. The largest absolute Gasteiger partial charge is 0.342 e. The van der Waals surface area contributed by atoms with Gasteiger partial charge in [0.1, 0.15) is 6.07 Å². The summed E-state index contributed by atoms with van der Waals surface area (Å²) in [6.07, 6.45) is 4.63. The molecule has 6 heteroatoms. The van der Waals surface area contributed by atoms with Gasteiger partial charge in [0, 0.05) is 13.1 Å². The van der Waals surface area contributed by atoms with Gasteiger partial charge < -0.3 is 4.90 Å². The first-order chi connectivity index (χ1) is 13.2. The molecule has 2 aromatic heterocycles. The topological polar surface area (TPSA) is 61.4 Å². The van der Waals surface area contributed by atoms with Crippen molar-refractivity contribution in [2.45, 2.75) is 37.6 Å². The third-order valence-electron chi connectivity index (χ3n) is 5.15. The molecule has 1 aliphatic rings. The lowest BCUT2D eigenvalue weighted by Crippen LogP contribution is -2.33. The van der Waals surface area contributed by atoms with Crippen molar-refractivity contribution in [2.24, 2.45) is 0 Å². The van der Waals surface area contributed by atoms with Crippen molar-refractivity contribution in [2.75, 3.05) is 18.8 Å². The maximum Gasteiger partial charge on any atom is 0.232 e. The van der Waals surface area contributed by atoms with Gasteiger partial charge in [-0.1, -0.05) is 36.7 Å². The smallest absolute Gasteiger partial charge is 0.232 e. The Bertz CT molecular complexity index is 1040. The van der Waals surface area contributed by atoms with Gasteiger partial charge in [-0.3, -0.25) is 9.20 Å². The summed E-state index contributed by atoms with van der Waals surface area (Å²) in [5.74, 6) is 0.605. The van der Waals surface area contributed by atoms with Crippen molar-refractivity contribution in [3.05, 3.63) is 41.5 Å². The number of imidazole rings is 1. The van der Waals surface area contributed by atoms with Gasteiger partial charge in [0.15, 0.2) is 5.65 Å². The van der Waals surface area contributed by atoms with Crippen molar-refractivity contribution < 1.29 is 4.79 Å². The number of hydrogen-bond acceptors (Lipinski definition) is 4. The summed E-state index contributed by atoms with van der Waals surface area (Å²) in [7, 11) is 0. The van der Waals surface area contributed by atoms with E-state index in [1.54, 1.807) is 0 Å². The summed E-state index contributed by atoms with van der Waals surface area (Å²) in [6, 6.07) is 12.2. The Balaban J connectivity index is 1.69. The third kappa shape index (κ3) is 3.40. The average molecular weight is 379 g/mol. The third-order valence-corrected chi connectivity index (χ3v) is 6.14. The molecule has 4 rings (SSSR count). The van der Waals surface area contributed by atoms with Crippen LogP contribution in [0.4, 0.5) is 0 Å². The van der Waals surface area contributed by atoms with Crippen LogP contribution in [0.25, 0.3) is 16.7 Å². The number of rotatable bonds is 3. The number of benzene rings is 1. The monoisotopic (exact) mass is 378 g/mol. The molecule has 3 heterocycles. The van der Waals surface area contributed by atoms with E-state index < -0.39 is 0 Å². The van der Waals surface area contributed by atoms with Gasteiger partial charge in [-0.25, -0.2) is 4.98 Å². The number of pyridine rings is 1. The number of likely N-dealkylation sites (tertiary alicyclic amines) is 1. The zero-order valence-corrected chi connectivity index (χ0v) is 16.3. The van der Waals surface area contributed by atoms with Crippen LogP contribution in [0, 0.1) is 18.3 Å². The molecule has 1 saturated heterocycles. The fourth-order valence-electron chi connectivity index (χ4n) is 3.71. The van der Waals surface area contributed by atoms with E-state index in [4.69, 9.17) is 0 Å². The van der Waals surface area contributed by atoms with Crippen LogP contribution in [0.5, 0.6) is 0 Å². The molecule has 0 radical (unpaired) electrons. The molecule has 138 valence electrons. The summed E-state index contributed by atoms with van der Waals surface area (Å²) < 4.78 is 2.02. The predicted molar refractivity (Wildman–Crippen MR) is 108 cm³/mol. The number of nitriles is 1. The summed E-state index contributed by atoms with van der Waals surface area (Å²) in [4.78, 5) is 19.4. The maximum absolute atomic E-state index is 12.7. The van der Waals surface area contributed by atoms with Gasteiger partial charge in [0.2, 0.25) is 5.91 Å².